The zero-order valence-electron chi connectivity index (χ0n) is 32.4. The van der Waals surface area contributed by atoms with Crippen molar-refractivity contribution in [3.63, 3.8) is 0 Å². The Labute approximate surface area is 350 Å². The van der Waals surface area contributed by atoms with Crippen LogP contribution < -0.4 is 14.2 Å². The number of allylic oxidation sites excluding steroid dienone is 3. The van der Waals surface area contributed by atoms with Gasteiger partial charge >= 0.3 is 5.97 Å². The van der Waals surface area contributed by atoms with Gasteiger partial charge in [0, 0.05) is 55.8 Å². The number of nitrogens with zero attached hydrogens (tertiary/aromatic N) is 6. The van der Waals surface area contributed by atoms with Crippen LogP contribution in [0.25, 0.3) is 21.6 Å². The van der Waals surface area contributed by atoms with E-state index in [1.807, 2.05) is 6.08 Å². The average Bonchev–Trinajstić information content (AvgIpc) is 4.02. The molecule has 3 aromatic heterocycles. The van der Waals surface area contributed by atoms with E-state index in [1.54, 1.807) is 72.1 Å². The summed E-state index contributed by atoms with van der Waals surface area (Å²) in [6.45, 7) is 4.31. The summed E-state index contributed by atoms with van der Waals surface area (Å²) < 4.78 is 25.7. The van der Waals surface area contributed by atoms with Crippen LogP contribution in [0, 0.1) is 12.3 Å². The van der Waals surface area contributed by atoms with Gasteiger partial charge in [0.15, 0.2) is 5.82 Å². The van der Waals surface area contributed by atoms with Crippen molar-refractivity contribution in [3.8, 4) is 46.9 Å². The average molecular weight is 835 g/mol. The molecule has 13 nitrogen and oxygen atoms in total. The number of hydrogen-bond acceptors (Lipinski definition) is 13. The fourth-order valence-electron chi connectivity index (χ4n) is 7.16. The van der Waals surface area contributed by atoms with E-state index >= 15 is 0 Å². The molecule has 2 bridgehead atoms. The standard InChI is InChI=1S/C44H43ClN6O7S/c1-3-34(45)37-10-6-8-33-39-42(47-26-48-43(39)59-40(33)27-11-12-27)58-38(44(53)54)22-28-21-30(55-25-31(57-37)23-51-19-17-50(2)18-20-51)13-14-36(28)56-24-29-15-16-46-41(49-29)32-7-4-5-9-35(32)52/h1,4-7,9-10,13-16,21,26-27,31,38,52H,8,11-12,17-20,22-25H2,2H3,(H,53,54)/b10-6-,37-34-/t31-,38-/m1/s1. The molecule has 0 unspecified atom stereocenters. The van der Waals surface area contributed by atoms with E-state index < -0.39 is 18.2 Å². The van der Waals surface area contributed by atoms with Gasteiger partial charge in [0.2, 0.25) is 12.0 Å². The lowest BCUT2D eigenvalue weighted by molar-refractivity contribution is -0.145. The SMILES string of the molecule is C#C/C(Cl)=C1\C=C/Cc2c(C3CC3)sc3ncnc(c23)O[C@@H](C(=O)O)Cc2cc(ccc2OCc2ccnc(-c3ccccc3O)n2)OC[C@@H](CN2CCN(C)CC2)O1. The van der Waals surface area contributed by atoms with Crippen molar-refractivity contribution < 1.29 is 34.0 Å². The summed E-state index contributed by atoms with van der Waals surface area (Å²) in [7, 11) is 2.11. The number of ether oxygens (including phenoxy) is 4. The molecule has 2 aromatic carbocycles. The van der Waals surface area contributed by atoms with Crippen molar-refractivity contribution in [1.29, 1.82) is 0 Å². The maximum Gasteiger partial charge on any atom is 0.345 e. The second-order valence-corrected chi connectivity index (χ2v) is 16.2. The van der Waals surface area contributed by atoms with E-state index in [0.29, 0.717) is 64.2 Å². The second-order valence-electron chi connectivity index (χ2n) is 14.8. The molecule has 2 fully saturated rings. The number of phenols is 1. The Kier molecular flexibility index (Phi) is 12.3. The quantitative estimate of drug-likeness (QED) is 0.162. The molecule has 59 heavy (non-hydrogen) atoms. The lowest BCUT2D eigenvalue weighted by Gasteiger charge is -2.34. The van der Waals surface area contributed by atoms with Crippen LogP contribution in [0.4, 0.5) is 0 Å². The maximum atomic E-state index is 13.0. The summed E-state index contributed by atoms with van der Waals surface area (Å²) in [6, 6.07) is 13.8. The minimum atomic E-state index is -1.35. The predicted molar refractivity (Wildman–Crippen MR) is 224 cm³/mol. The molecule has 1 saturated heterocycles. The largest absolute Gasteiger partial charge is 0.507 e. The van der Waals surface area contributed by atoms with Crippen LogP contribution >= 0.6 is 22.9 Å². The van der Waals surface area contributed by atoms with Crippen LogP contribution in [-0.2, 0) is 29.0 Å². The number of carboxylic acid groups (broad SMARTS) is 1. The lowest BCUT2D eigenvalue weighted by Crippen LogP contribution is -2.48. The lowest BCUT2D eigenvalue weighted by atomic mass is 10.1. The first kappa shape index (κ1) is 40.1. The molecular weight excluding hydrogens is 792 g/mol. The first-order chi connectivity index (χ1) is 28.7. The van der Waals surface area contributed by atoms with Crippen LogP contribution in [0.15, 0.2) is 84.0 Å². The number of terminal acetylenes is 1. The smallest absolute Gasteiger partial charge is 0.345 e. The van der Waals surface area contributed by atoms with Gasteiger partial charge < -0.3 is 34.1 Å². The van der Waals surface area contributed by atoms with Crippen molar-refractivity contribution in [2.45, 2.75) is 50.4 Å². The number of halogens is 1. The molecular formula is C44H43ClN6O7S. The maximum absolute atomic E-state index is 13.0. The van der Waals surface area contributed by atoms with Gasteiger partial charge in [-0.25, -0.2) is 24.7 Å². The van der Waals surface area contributed by atoms with Gasteiger partial charge in [-0.2, -0.15) is 0 Å². The molecule has 0 spiro atoms. The third kappa shape index (κ3) is 9.61. The van der Waals surface area contributed by atoms with Crippen LogP contribution in [-0.4, -0.2) is 105 Å². The summed E-state index contributed by atoms with van der Waals surface area (Å²) in [5.74, 6) is 3.57. The van der Waals surface area contributed by atoms with E-state index in [4.69, 9.17) is 37.0 Å². The van der Waals surface area contributed by atoms with Crippen molar-refractivity contribution >= 4 is 39.1 Å². The van der Waals surface area contributed by atoms with Crippen molar-refractivity contribution in [2.75, 3.05) is 46.4 Å². The molecule has 15 heteroatoms. The fourth-order valence-corrected chi connectivity index (χ4v) is 8.60. The molecule has 5 heterocycles. The van der Waals surface area contributed by atoms with Crippen LogP contribution in [0.3, 0.4) is 0 Å². The highest BCUT2D eigenvalue weighted by Crippen LogP contribution is 2.49. The first-order valence-corrected chi connectivity index (χ1v) is 20.7. The summed E-state index contributed by atoms with van der Waals surface area (Å²) in [6.07, 6.45) is 13.3. The molecule has 2 aliphatic heterocycles. The van der Waals surface area contributed by atoms with E-state index in [-0.39, 0.29) is 36.3 Å². The Bertz CT molecular complexity index is 2440. The number of piperazine rings is 1. The van der Waals surface area contributed by atoms with Gasteiger partial charge in [0.05, 0.1) is 16.6 Å². The van der Waals surface area contributed by atoms with E-state index in [2.05, 4.69) is 42.7 Å². The first-order valence-electron chi connectivity index (χ1n) is 19.5. The number of carboxylic acids is 1. The van der Waals surface area contributed by atoms with Crippen LogP contribution in [0.1, 0.15) is 40.5 Å². The number of phenolic OH excluding ortho intramolecular Hbond substituents is 1. The van der Waals surface area contributed by atoms with Crippen molar-refractivity contribution in [3.05, 3.63) is 106 Å². The molecule has 304 valence electrons. The molecule has 0 amide bonds. The molecule has 1 aliphatic carbocycles. The molecule has 0 radical (unpaired) electrons. The topological polar surface area (TPSA) is 152 Å². The Balaban J connectivity index is 1.17. The third-order valence-corrected chi connectivity index (χ3v) is 12.1. The van der Waals surface area contributed by atoms with E-state index in [9.17, 15) is 15.0 Å². The van der Waals surface area contributed by atoms with Gasteiger partial charge in [-0.05, 0) is 80.3 Å². The number of aliphatic carboxylic acids is 1. The van der Waals surface area contributed by atoms with Gasteiger partial charge in [0.1, 0.15) is 58.5 Å². The molecule has 2 atom stereocenters. The fraction of sp³-hybridized carbons (Fsp3) is 0.341. The molecule has 8 rings (SSSR count). The minimum Gasteiger partial charge on any atom is -0.507 e. The number of hydrogen-bond donors (Lipinski definition) is 2. The number of fused-ring (bicyclic) bond motifs is 2. The number of rotatable bonds is 8. The zero-order valence-corrected chi connectivity index (χ0v) is 34.0. The van der Waals surface area contributed by atoms with Crippen molar-refractivity contribution in [1.82, 2.24) is 29.7 Å². The Morgan fingerprint density at radius 3 is 2.69 bits per heavy atom. The van der Waals surface area contributed by atoms with Gasteiger partial charge in [0.25, 0.3) is 0 Å². The van der Waals surface area contributed by atoms with E-state index in [0.717, 1.165) is 49.4 Å². The monoisotopic (exact) mass is 834 g/mol. The normalized spacial score (nSPS) is 20.6. The number of aromatic nitrogens is 4. The molecule has 1 saturated carbocycles. The highest BCUT2D eigenvalue weighted by molar-refractivity contribution is 7.19. The third-order valence-electron chi connectivity index (χ3n) is 10.5. The number of benzene rings is 2. The number of likely N-dealkylation sites (N-methyl/N-ethyl adjacent to an activating group) is 1. The predicted octanol–water partition coefficient (Wildman–Crippen LogP) is 6.59. The number of carbonyl (C=O) groups is 1. The minimum absolute atomic E-state index is 0.0304. The number of aromatic hydroxyl groups is 1. The Hall–Kier alpha value is -5.72. The highest BCUT2D eigenvalue weighted by atomic mass is 35.5. The molecule has 5 aromatic rings. The van der Waals surface area contributed by atoms with Gasteiger partial charge in [-0.1, -0.05) is 35.7 Å². The van der Waals surface area contributed by atoms with E-state index in [1.165, 1.54) is 11.2 Å². The summed E-state index contributed by atoms with van der Waals surface area (Å²) in [5, 5.41) is 21.8. The zero-order chi connectivity index (χ0) is 40.9. The van der Waals surface area contributed by atoms with Gasteiger partial charge in [-0.15, -0.1) is 17.8 Å². The summed E-state index contributed by atoms with van der Waals surface area (Å²) in [4.78, 5) is 37.5. The highest BCUT2D eigenvalue weighted by Gasteiger charge is 2.32. The van der Waals surface area contributed by atoms with Gasteiger partial charge in [-0.3, -0.25) is 4.90 Å². The summed E-state index contributed by atoms with van der Waals surface area (Å²) >= 11 is 8.22. The number of thiophene rings is 1. The Morgan fingerprint density at radius 1 is 1.08 bits per heavy atom. The van der Waals surface area contributed by atoms with Crippen LogP contribution in [0.2, 0.25) is 0 Å². The number of para-hydroxylation sites is 1. The summed E-state index contributed by atoms with van der Waals surface area (Å²) in [5.41, 5.74) is 2.53. The van der Waals surface area contributed by atoms with Crippen LogP contribution in [0.5, 0.6) is 23.1 Å². The van der Waals surface area contributed by atoms with Crippen molar-refractivity contribution in [2.24, 2.45) is 0 Å². The second kappa shape index (κ2) is 18.0. The molecule has 3 aliphatic rings. The molecule has 2 N–H and O–H groups in total. The Morgan fingerprint density at radius 2 is 1.92 bits per heavy atom.